The number of aryl methyl sites for hydroxylation is 1. The molecule has 2 heterocycles. The second-order valence-corrected chi connectivity index (χ2v) is 6.24. The summed E-state index contributed by atoms with van der Waals surface area (Å²) < 4.78 is 11.3. The molecule has 3 rings (SSSR count). The molecule has 1 unspecified atom stereocenters. The van der Waals surface area contributed by atoms with Crippen LogP contribution in [-0.2, 0) is 6.42 Å². The Morgan fingerprint density at radius 1 is 1.35 bits per heavy atom. The normalized spacial score (nSPS) is 21.9. The summed E-state index contributed by atoms with van der Waals surface area (Å²) in [6, 6.07) is 5.25. The third-order valence-corrected chi connectivity index (χ3v) is 4.32. The number of fused-ring (bicyclic) bond motifs is 3. The molecule has 1 N–H and O–H groups in total. The summed E-state index contributed by atoms with van der Waals surface area (Å²) in [6.45, 7) is 7.20. The van der Waals surface area contributed by atoms with Gasteiger partial charge >= 0.3 is 5.63 Å². The highest BCUT2D eigenvalue weighted by atomic mass is 16.5. The predicted molar refractivity (Wildman–Crippen MR) is 76.3 cm³/mol. The van der Waals surface area contributed by atoms with Crippen LogP contribution in [0.3, 0.4) is 0 Å². The molecule has 2 aromatic rings. The van der Waals surface area contributed by atoms with Crippen LogP contribution in [0.25, 0.3) is 11.0 Å². The topological polar surface area (TPSA) is 59.7 Å². The van der Waals surface area contributed by atoms with Gasteiger partial charge in [-0.15, -0.1) is 0 Å². The van der Waals surface area contributed by atoms with E-state index in [1.807, 2.05) is 26.0 Å². The quantitative estimate of drug-likeness (QED) is 0.812. The second kappa shape index (κ2) is 3.85. The van der Waals surface area contributed by atoms with Crippen molar-refractivity contribution in [2.75, 3.05) is 0 Å². The summed E-state index contributed by atoms with van der Waals surface area (Å²) in [4.78, 5) is 11.6. The number of aliphatic hydroxyl groups is 1. The SMILES string of the molecule is Cc1cc(=O)oc2c3c(ccc12)OC(C)(C(C)(C)O)C3. The van der Waals surface area contributed by atoms with Crippen LogP contribution in [0.4, 0.5) is 0 Å². The first kappa shape index (κ1) is 13.2. The molecule has 1 atom stereocenters. The lowest BCUT2D eigenvalue weighted by molar-refractivity contribution is -0.0900. The summed E-state index contributed by atoms with van der Waals surface area (Å²) in [5.41, 5.74) is 0.221. The van der Waals surface area contributed by atoms with Gasteiger partial charge in [-0.3, -0.25) is 0 Å². The van der Waals surface area contributed by atoms with E-state index >= 15 is 0 Å². The average Bonchev–Trinajstić information content (AvgIpc) is 2.66. The van der Waals surface area contributed by atoms with Crippen molar-refractivity contribution in [1.82, 2.24) is 0 Å². The average molecular weight is 274 g/mol. The summed E-state index contributed by atoms with van der Waals surface area (Å²) >= 11 is 0. The molecule has 4 nitrogen and oxygen atoms in total. The van der Waals surface area contributed by atoms with Gasteiger partial charge in [0.05, 0.1) is 5.60 Å². The zero-order valence-corrected chi connectivity index (χ0v) is 12.1. The molecule has 1 aliphatic rings. The van der Waals surface area contributed by atoms with Crippen LogP contribution < -0.4 is 10.4 Å². The molecule has 0 fully saturated rings. The summed E-state index contributed by atoms with van der Waals surface area (Å²) in [6.07, 6.45) is 0.509. The fourth-order valence-corrected chi connectivity index (χ4v) is 2.64. The first-order chi connectivity index (χ1) is 9.21. The zero-order chi connectivity index (χ0) is 14.7. The molecule has 4 heteroatoms. The Kier molecular flexibility index (Phi) is 2.54. The smallest absolute Gasteiger partial charge is 0.336 e. The Hall–Kier alpha value is -1.81. The highest BCUT2D eigenvalue weighted by molar-refractivity contribution is 5.85. The Bertz CT molecular complexity index is 751. The zero-order valence-electron chi connectivity index (χ0n) is 12.1. The third kappa shape index (κ3) is 1.75. The fraction of sp³-hybridized carbons (Fsp3) is 0.438. The van der Waals surface area contributed by atoms with Gasteiger partial charge in [0.25, 0.3) is 0 Å². The largest absolute Gasteiger partial charge is 0.484 e. The van der Waals surface area contributed by atoms with Crippen LogP contribution in [0.1, 0.15) is 31.9 Å². The molecule has 0 radical (unpaired) electrons. The van der Waals surface area contributed by atoms with Gasteiger partial charge < -0.3 is 14.3 Å². The van der Waals surface area contributed by atoms with E-state index in [1.54, 1.807) is 13.8 Å². The molecule has 1 aromatic heterocycles. The van der Waals surface area contributed by atoms with Crippen LogP contribution in [-0.4, -0.2) is 16.3 Å². The van der Waals surface area contributed by atoms with Crippen LogP contribution in [0.5, 0.6) is 5.75 Å². The van der Waals surface area contributed by atoms with E-state index in [-0.39, 0.29) is 5.63 Å². The Morgan fingerprint density at radius 3 is 2.70 bits per heavy atom. The highest BCUT2D eigenvalue weighted by Crippen LogP contribution is 2.43. The number of rotatable bonds is 1. The van der Waals surface area contributed by atoms with Crippen LogP contribution >= 0.6 is 0 Å². The maximum atomic E-state index is 11.6. The van der Waals surface area contributed by atoms with Crippen molar-refractivity contribution in [3.8, 4) is 5.75 Å². The number of benzene rings is 1. The third-order valence-electron chi connectivity index (χ3n) is 4.32. The van der Waals surface area contributed by atoms with E-state index in [0.29, 0.717) is 17.8 Å². The van der Waals surface area contributed by atoms with Gasteiger partial charge in [-0.25, -0.2) is 4.79 Å². The molecule has 0 bridgehead atoms. The van der Waals surface area contributed by atoms with Crippen LogP contribution in [0.2, 0.25) is 0 Å². The highest BCUT2D eigenvalue weighted by Gasteiger charge is 2.47. The van der Waals surface area contributed by atoms with Crippen molar-refractivity contribution in [3.05, 3.63) is 39.7 Å². The molecule has 106 valence electrons. The first-order valence-corrected chi connectivity index (χ1v) is 6.69. The summed E-state index contributed by atoms with van der Waals surface area (Å²) in [5.74, 6) is 0.677. The van der Waals surface area contributed by atoms with E-state index in [4.69, 9.17) is 9.15 Å². The van der Waals surface area contributed by atoms with E-state index in [9.17, 15) is 9.90 Å². The van der Waals surface area contributed by atoms with Gasteiger partial charge in [-0.1, -0.05) is 0 Å². The first-order valence-electron chi connectivity index (χ1n) is 6.69. The molecular formula is C16H18O4. The van der Waals surface area contributed by atoms with Gasteiger partial charge in [-0.05, 0) is 45.4 Å². The molecule has 1 aliphatic heterocycles. The second-order valence-electron chi connectivity index (χ2n) is 6.24. The maximum Gasteiger partial charge on any atom is 0.336 e. The number of hydrogen-bond acceptors (Lipinski definition) is 4. The molecule has 0 amide bonds. The van der Waals surface area contributed by atoms with E-state index in [0.717, 1.165) is 16.5 Å². The minimum absolute atomic E-state index is 0.361. The Labute approximate surface area is 117 Å². The molecular weight excluding hydrogens is 256 g/mol. The number of hydrogen-bond donors (Lipinski definition) is 1. The fourth-order valence-electron chi connectivity index (χ4n) is 2.64. The van der Waals surface area contributed by atoms with E-state index in [2.05, 4.69) is 0 Å². The van der Waals surface area contributed by atoms with E-state index < -0.39 is 11.2 Å². The lowest BCUT2D eigenvalue weighted by atomic mass is 9.84. The van der Waals surface area contributed by atoms with Crippen molar-refractivity contribution in [2.45, 2.75) is 45.3 Å². The Morgan fingerprint density at radius 2 is 2.05 bits per heavy atom. The Balaban J connectivity index is 2.25. The summed E-state index contributed by atoms with van der Waals surface area (Å²) in [7, 11) is 0. The maximum absolute atomic E-state index is 11.6. The van der Waals surface area contributed by atoms with E-state index in [1.165, 1.54) is 6.07 Å². The molecule has 0 saturated carbocycles. The van der Waals surface area contributed by atoms with Crippen LogP contribution in [0, 0.1) is 6.92 Å². The van der Waals surface area contributed by atoms with Crippen molar-refractivity contribution in [3.63, 3.8) is 0 Å². The van der Waals surface area contributed by atoms with Crippen LogP contribution in [0.15, 0.2) is 27.4 Å². The van der Waals surface area contributed by atoms with Crippen molar-refractivity contribution in [1.29, 1.82) is 0 Å². The number of ether oxygens (including phenoxy) is 1. The van der Waals surface area contributed by atoms with Crippen molar-refractivity contribution >= 4 is 11.0 Å². The summed E-state index contributed by atoms with van der Waals surface area (Å²) in [5, 5.41) is 11.2. The van der Waals surface area contributed by atoms with Crippen molar-refractivity contribution in [2.24, 2.45) is 0 Å². The van der Waals surface area contributed by atoms with Gasteiger partial charge in [0.2, 0.25) is 0 Å². The predicted octanol–water partition coefficient (Wildman–Crippen LogP) is 2.57. The molecule has 20 heavy (non-hydrogen) atoms. The van der Waals surface area contributed by atoms with Crippen molar-refractivity contribution < 1.29 is 14.3 Å². The van der Waals surface area contributed by atoms with Gasteiger partial charge in [0.15, 0.2) is 0 Å². The molecule has 1 aromatic carbocycles. The standard InChI is InChI=1S/C16H18O4/c1-9-7-13(17)19-14-10(9)5-6-12-11(14)8-16(4,20-12)15(2,3)18/h5-7,18H,8H2,1-4H3. The monoisotopic (exact) mass is 274 g/mol. The van der Waals surface area contributed by atoms with Gasteiger partial charge in [0, 0.05) is 23.4 Å². The minimum Gasteiger partial charge on any atom is -0.484 e. The minimum atomic E-state index is -0.998. The lowest BCUT2D eigenvalue weighted by Crippen LogP contribution is -2.51. The van der Waals surface area contributed by atoms with Gasteiger partial charge in [0.1, 0.15) is 16.9 Å². The van der Waals surface area contributed by atoms with Gasteiger partial charge in [-0.2, -0.15) is 0 Å². The molecule has 0 saturated heterocycles. The lowest BCUT2D eigenvalue weighted by Gasteiger charge is -2.36. The molecule has 0 spiro atoms. The molecule has 0 aliphatic carbocycles.